The van der Waals surface area contributed by atoms with Crippen LogP contribution in [-0.4, -0.2) is 35.6 Å². The Bertz CT molecular complexity index is 791. The van der Waals surface area contributed by atoms with Crippen molar-refractivity contribution in [2.45, 2.75) is 6.92 Å². The summed E-state index contributed by atoms with van der Waals surface area (Å²) in [6.07, 6.45) is 0. The van der Waals surface area contributed by atoms with Crippen LogP contribution >= 0.6 is 11.6 Å². The smallest absolute Gasteiger partial charge is 0.282 e. The average molecular weight is 347 g/mol. The van der Waals surface area contributed by atoms with E-state index in [2.05, 4.69) is 0 Å². The predicted molar refractivity (Wildman–Crippen MR) is 68.8 cm³/mol. The van der Waals surface area contributed by atoms with Gasteiger partial charge in [0.1, 0.15) is 10.7 Å². The zero-order valence-electron chi connectivity index (χ0n) is 11.5. The second-order valence-corrected chi connectivity index (χ2v) is 5.47. The summed E-state index contributed by atoms with van der Waals surface area (Å²) in [5.74, 6) is -9.52. The minimum atomic E-state index is -2.58. The largest absolute Gasteiger partial charge is 0.285 e. The maximum atomic E-state index is 14.1. The van der Waals surface area contributed by atoms with Crippen molar-refractivity contribution in [3.05, 3.63) is 28.0 Å². The molecule has 1 spiro atoms. The summed E-state index contributed by atoms with van der Waals surface area (Å²) in [6.45, 7) is 0.928. The molecule has 10 heteroatoms. The Morgan fingerprint density at radius 3 is 1.83 bits per heavy atom. The van der Waals surface area contributed by atoms with Gasteiger partial charge in [-0.1, -0.05) is 11.6 Å². The first-order valence-electron chi connectivity index (χ1n) is 6.14. The first-order chi connectivity index (χ1) is 10.6. The normalized spacial score (nSPS) is 19.4. The van der Waals surface area contributed by atoms with Gasteiger partial charge in [-0.25, -0.2) is 18.1 Å². The zero-order valence-corrected chi connectivity index (χ0v) is 12.3. The lowest BCUT2D eigenvalue weighted by Crippen LogP contribution is -2.84. The topological polar surface area (TPSA) is 74.8 Å². The van der Waals surface area contributed by atoms with Gasteiger partial charge in [-0.05, 0) is 6.92 Å². The van der Waals surface area contributed by atoms with Crippen LogP contribution in [-0.2, 0) is 19.2 Å². The number of hydrogen-bond donors (Lipinski definition) is 0. The molecule has 0 N–H and O–H groups in total. The molecule has 23 heavy (non-hydrogen) atoms. The van der Waals surface area contributed by atoms with E-state index in [4.69, 9.17) is 11.6 Å². The van der Waals surface area contributed by atoms with Crippen molar-refractivity contribution in [3.63, 3.8) is 0 Å². The van der Waals surface area contributed by atoms with E-state index >= 15 is 0 Å². The average Bonchev–Trinajstić information content (AvgIpc) is 2.54. The predicted octanol–water partition coefficient (Wildman–Crippen LogP) is 0.924. The molecule has 6 nitrogen and oxygen atoms in total. The lowest BCUT2D eigenvalue weighted by atomic mass is 9.69. The van der Waals surface area contributed by atoms with E-state index in [9.17, 15) is 32.3 Å². The van der Waals surface area contributed by atoms with Crippen molar-refractivity contribution < 1.29 is 32.3 Å². The fraction of sp³-hybridized carbons (Fsp3) is 0.231. The van der Waals surface area contributed by atoms with Crippen molar-refractivity contribution in [3.8, 4) is 0 Å². The summed E-state index contributed by atoms with van der Waals surface area (Å²) in [5.41, 5.74) is -4.50. The Morgan fingerprint density at radius 1 is 0.870 bits per heavy atom. The van der Waals surface area contributed by atoms with Gasteiger partial charge in [-0.3, -0.25) is 24.1 Å². The second kappa shape index (κ2) is 4.31. The van der Waals surface area contributed by atoms with Gasteiger partial charge in [0, 0.05) is 12.6 Å². The summed E-state index contributed by atoms with van der Waals surface area (Å²) in [6, 6.07) is 0. The van der Waals surface area contributed by atoms with Gasteiger partial charge in [0.05, 0.1) is 0 Å². The van der Waals surface area contributed by atoms with Crippen molar-refractivity contribution in [1.82, 2.24) is 4.90 Å². The van der Waals surface area contributed by atoms with Gasteiger partial charge < -0.3 is 0 Å². The Morgan fingerprint density at radius 2 is 1.35 bits per heavy atom. The Hall–Kier alpha value is -2.42. The molecule has 3 rings (SSSR count). The third-order valence-corrected chi connectivity index (χ3v) is 4.31. The lowest BCUT2D eigenvalue weighted by Gasteiger charge is -2.51. The van der Waals surface area contributed by atoms with E-state index in [1.54, 1.807) is 0 Å². The molecule has 0 saturated carbocycles. The third-order valence-electron chi connectivity index (χ3n) is 3.98. The third kappa shape index (κ3) is 1.41. The Balaban J connectivity index is 2.15. The lowest BCUT2D eigenvalue weighted by molar-refractivity contribution is -0.184. The molecule has 0 aliphatic carbocycles. The molecule has 2 saturated heterocycles. The summed E-state index contributed by atoms with van der Waals surface area (Å²) in [5, 5.41) is -1.11. The van der Waals surface area contributed by atoms with Crippen LogP contribution < -0.4 is 4.90 Å². The monoisotopic (exact) mass is 346 g/mol. The molecule has 2 heterocycles. The fourth-order valence-electron chi connectivity index (χ4n) is 2.60. The highest BCUT2D eigenvalue weighted by Gasteiger charge is 2.80. The number of nitrogens with zero attached hydrogens (tertiary/aromatic N) is 2. The van der Waals surface area contributed by atoms with Crippen molar-refractivity contribution in [2.75, 3.05) is 11.9 Å². The first-order valence-corrected chi connectivity index (χ1v) is 6.52. The van der Waals surface area contributed by atoms with Gasteiger partial charge >= 0.3 is 0 Å². The van der Waals surface area contributed by atoms with Gasteiger partial charge in [-0.15, -0.1) is 0 Å². The van der Waals surface area contributed by atoms with Gasteiger partial charge in [-0.2, -0.15) is 0 Å². The van der Waals surface area contributed by atoms with Gasteiger partial charge in [0.25, 0.3) is 29.0 Å². The molecule has 0 unspecified atom stereocenters. The number of amides is 4. The van der Waals surface area contributed by atoms with E-state index in [-0.39, 0.29) is 4.90 Å². The first kappa shape index (κ1) is 15.5. The van der Waals surface area contributed by atoms with E-state index in [1.165, 1.54) is 0 Å². The molecule has 4 amide bonds. The highest BCUT2D eigenvalue weighted by molar-refractivity contribution is 6.59. The molecule has 120 valence electrons. The standard InChI is InChI=1S/C13H6ClF3N2O4/c1-3-5(15)4(14)7(17)8(6(3)16)19-11(22)13(12(19)23)9(20)18(2)10(13)21/h1-2H3. The molecular weight excluding hydrogens is 341 g/mol. The molecule has 0 bridgehead atoms. The molecular formula is C13H6ClF3N2O4. The van der Waals surface area contributed by atoms with Crippen LogP contribution in [0.2, 0.25) is 5.02 Å². The van der Waals surface area contributed by atoms with Crippen molar-refractivity contribution >= 4 is 40.9 Å². The number of anilines is 1. The number of β-lactam (4-membered cyclic amide) rings is 4. The number of hydrogen-bond acceptors (Lipinski definition) is 4. The highest BCUT2D eigenvalue weighted by atomic mass is 35.5. The molecule has 1 aromatic rings. The van der Waals surface area contributed by atoms with Crippen LogP contribution in [0.15, 0.2) is 0 Å². The number of halogens is 4. The number of benzene rings is 1. The van der Waals surface area contributed by atoms with E-state index in [0.29, 0.717) is 4.90 Å². The van der Waals surface area contributed by atoms with Crippen LogP contribution in [0.5, 0.6) is 0 Å². The van der Waals surface area contributed by atoms with Crippen LogP contribution in [0.25, 0.3) is 0 Å². The molecule has 0 radical (unpaired) electrons. The van der Waals surface area contributed by atoms with Crippen LogP contribution in [0.4, 0.5) is 18.9 Å². The van der Waals surface area contributed by atoms with Crippen molar-refractivity contribution in [2.24, 2.45) is 5.41 Å². The second-order valence-electron chi connectivity index (χ2n) is 5.09. The number of rotatable bonds is 1. The molecule has 2 fully saturated rings. The zero-order chi connectivity index (χ0) is 17.4. The number of carbonyl (C=O) groups excluding carboxylic acids is 4. The molecule has 2 aliphatic rings. The van der Waals surface area contributed by atoms with E-state index in [1.807, 2.05) is 0 Å². The number of likely N-dealkylation sites (tertiary alicyclic amines) is 1. The fourth-order valence-corrected chi connectivity index (χ4v) is 2.83. The van der Waals surface area contributed by atoms with Gasteiger partial charge in [0.15, 0.2) is 17.5 Å². The minimum absolute atomic E-state index is 0.00815. The summed E-state index contributed by atoms with van der Waals surface area (Å²) >= 11 is 5.37. The van der Waals surface area contributed by atoms with Crippen molar-refractivity contribution in [1.29, 1.82) is 0 Å². The summed E-state index contributed by atoms with van der Waals surface area (Å²) in [7, 11) is 1.05. The molecule has 1 aromatic carbocycles. The maximum Gasteiger partial charge on any atom is 0.285 e. The van der Waals surface area contributed by atoms with Crippen LogP contribution in [0, 0.1) is 29.8 Å². The minimum Gasteiger partial charge on any atom is -0.282 e. The quantitative estimate of drug-likeness (QED) is 0.328. The Kier molecular flexibility index (Phi) is 2.90. The van der Waals surface area contributed by atoms with Crippen LogP contribution in [0.1, 0.15) is 5.56 Å². The summed E-state index contributed by atoms with van der Waals surface area (Å²) in [4.78, 5) is 48.2. The summed E-state index contributed by atoms with van der Waals surface area (Å²) < 4.78 is 41.6. The van der Waals surface area contributed by atoms with Gasteiger partial charge in [0.2, 0.25) is 0 Å². The highest BCUT2D eigenvalue weighted by Crippen LogP contribution is 2.48. The molecule has 0 atom stereocenters. The van der Waals surface area contributed by atoms with E-state index < -0.39 is 62.8 Å². The number of imide groups is 2. The molecule has 2 aliphatic heterocycles. The van der Waals surface area contributed by atoms with E-state index in [0.717, 1.165) is 14.0 Å². The van der Waals surface area contributed by atoms with Crippen LogP contribution in [0.3, 0.4) is 0 Å². The Labute approximate surface area is 131 Å². The molecule has 0 aromatic heterocycles. The number of carbonyl (C=O) groups is 4. The SMILES string of the molecule is Cc1c(F)c(Cl)c(F)c(N2C(=O)C3(C(=O)N(C)C3=O)C2=O)c1F. The maximum absolute atomic E-state index is 14.1.